The number of benzene rings is 2. The molecule has 1 atom stereocenters. The number of hydrogen-bond donors (Lipinski definition) is 0. The number of aryl methyl sites for hydroxylation is 1. The minimum atomic E-state index is -0.383. The van der Waals surface area contributed by atoms with Gasteiger partial charge in [0.1, 0.15) is 11.6 Å². The number of nitrogens with zero attached hydrogens (tertiary/aromatic N) is 4. The van der Waals surface area contributed by atoms with Gasteiger partial charge in [0, 0.05) is 13.1 Å². The fourth-order valence-electron chi connectivity index (χ4n) is 3.25. The molecule has 0 N–H and O–H groups in total. The molecule has 1 aromatic heterocycles. The van der Waals surface area contributed by atoms with E-state index in [0.29, 0.717) is 31.5 Å². The van der Waals surface area contributed by atoms with Crippen LogP contribution in [0.3, 0.4) is 0 Å². The molecule has 1 fully saturated rings. The highest BCUT2D eigenvalue weighted by Gasteiger charge is 2.30. The van der Waals surface area contributed by atoms with Crippen LogP contribution in [0, 0.1) is 6.92 Å². The molecule has 7 heteroatoms. The van der Waals surface area contributed by atoms with Crippen molar-refractivity contribution in [2.45, 2.75) is 17.3 Å². The van der Waals surface area contributed by atoms with Gasteiger partial charge in [-0.1, -0.05) is 60.3 Å². The zero-order valence-electron chi connectivity index (χ0n) is 15.7. The Morgan fingerprint density at radius 3 is 2.54 bits per heavy atom. The molecule has 0 aliphatic carbocycles. The van der Waals surface area contributed by atoms with E-state index in [9.17, 15) is 4.79 Å². The van der Waals surface area contributed by atoms with Crippen LogP contribution in [0.1, 0.15) is 16.4 Å². The van der Waals surface area contributed by atoms with E-state index >= 15 is 0 Å². The fourth-order valence-corrected chi connectivity index (χ4v) is 4.35. The summed E-state index contributed by atoms with van der Waals surface area (Å²) >= 11 is 1.44. The lowest BCUT2D eigenvalue weighted by molar-refractivity contribution is -0.134. The molecule has 6 nitrogen and oxygen atoms in total. The number of amides is 1. The van der Waals surface area contributed by atoms with E-state index in [-0.39, 0.29) is 11.2 Å². The van der Waals surface area contributed by atoms with E-state index in [1.165, 1.54) is 11.8 Å². The van der Waals surface area contributed by atoms with Crippen molar-refractivity contribution >= 4 is 17.7 Å². The summed E-state index contributed by atoms with van der Waals surface area (Å²) in [7, 11) is 0. The zero-order chi connectivity index (χ0) is 19.3. The van der Waals surface area contributed by atoms with Crippen LogP contribution >= 0.6 is 11.8 Å². The number of morpholine rings is 1. The van der Waals surface area contributed by atoms with E-state index < -0.39 is 0 Å². The first-order valence-corrected chi connectivity index (χ1v) is 10.2. The highest BCUT2D eigenvalue weighted by Crippen LogP contribution is 2.37. The molecular weight excluding hydrogens is 372 g/mol. The van der Waals surface area contributed by atoms with Crippen LogP contribution < -0.4 is 0 Å². The van der Waals surface area contributed by atoms with Gasteiger partial charge in [-0.3, -0.25) is 9.36 Å². The Hall–Kier alpha value is -2.64. The average molecular weight is 395 g/mol. The van der Waals surface area contributed by atoms with Crippen molar-refractivity contribution in [1.82, 2.24) is 19.7 Å². The monoisotopic (exact) mass is 394 g/mol. The molecule has 0 spiro atoms. The summed E-state index contributed by atoms with van der Waals surface area (Å²) in [6.45, 7) is 4.45. The molecule has 144 valence electrons. The Bertz CT molecular complexity index is 938. The molecule has 1 aliphatic rings. The minimum absolute atomic E-state index is 0.0823. The third-order valence-corrected chi connectivity index (χ3v) is 5.96. The summed E-state index contributed by atoms with van der Waals surface area (Å²) in [5.74, 6) is 0.0823. The Morgan fingerprint density at radius 1 is 1.07 bits per heavy atom. The molecular formula is C21H22N4O2S. The first-order valence-electron chi connectivity index (χ1n) is 9.28. The van der Waals surface area contributed by atoms with Crippen LogP contribution in [0.15, 0.2) is 66.1 Å². The lowest BCUT2D eigenvalue weighted by Gasteiger charge is -2.30. The summed E-state index contributed by atoms with van der Waals surface area (Å²) in [5, 5.41) is 8.73. The van der Waals surface area contributed by atoms with Crippen molar-refractivity contribution in [2.75, 3.05) is 26.3 Å². The van der Waals surface area contributed by atoms with Crippen molar-refractivity contribution in [3.05, 3.63) is 72.1 Å². The van der Waals surface area contributed by atoms with Crippen LogP contribution in [0.2, 0.25) is 0 Å². The molecule has 1 saturated heterocycles. The largest absolute Gasteiger partial charge is 0.378 e. The van der Waals surface area contributed by atoms with Crippen LogP contribution in [0.5, 0.6) is 0 Å². The van der Waals surface area contributed by atoms with E-state index in [1.807, 2.05) is 58.0 Å². The lowest BCUT2D eigenvalue weighted by Crippen LogP contribution is -2.42. The van der Waals surface area contributed by atoms with Crippen molar-refractivity contribution in [2.24, 2.45) is 0 Å². The summed E-state index contributed by atoms with van der Waals surface area (Å²) in [5.41, 5.74) is 3.10. The lowest BCUT2D eigenvalue weighted by atomic mass is 10.1. The molecule has 0 saturated carbocycles. The highest BCUT2D eigenvalue weighted by molar-refractivity contribution is 8.00. The molecule has 1 amide bonds. The SMILES string of the molecule is Cc1ccccc1-n1cnnc1S[C@@H](C(=O)N1CCOCC1)c1ccccc1. The van der Waals surface area contributed by atoms with Crippen LogP contribution in [0.25, 0.3) is 5.69 Å². The Kier molecular flexibility index (Phi) is 5.73. The third kappa shape index (κ3) is 3.95. The van der Waals surface area contributed by atoms with Crippen molar-refractivity contribution < 1.29 is 9.53 Å². The number of carbonyl (C=O) groups is 1. The molecule has 28 heavy (non-hydrogen) atoms. The van der Waals surface area contributed by atoms with Gasteiger partial charge in [0.15, 0.2) is 5.16 Å². The van der Waals surface area contributed by atoms with Gasteiger partial charge in [-0.05, 0) is 24.1 Å². The number of aromatic nitrogens is 3. The van der Waals surface area contributed by atoms with E-state index in [0.717, 1.165) is 16.8 Å². The standard InChI is InChI=1S/C21H22N4O2S/c1-16-7-5-6-10-18(16)25-15-22-23-21(25)28-19(17-8-3-2-4-9-17)20(26)24-11-13-27-14-12-24/h2-10,15,19H,11-14H2,1H3/t19-/m1/s1. The number of para-hydroxylation sites is 1. The quantitative estimate of drug-likeness (QED) is 0.622. The predicted octanol–water partition coefficient (Wildman–Crippen LogP) is 3.27. The molecule has 3 aromatic rings. The molecule has 1 aliphatic heterocycles. The Balaban J connectivity index is 1.67. The maximum absolute atomic E-state index is 13.3. The maximum Gasteiger partial charge on any atom is 0.240 e. The number of rotatable bonds is 5. The highest BCUT2D eigenvalue weighted by atomic mass is 32.2. The minimum Gasteiger partial charge on any atom is -0.378 e. The molecule has 0 unspecified atom stereocenters. The smallest absolute Gasteiger partial charge is 0.240 e. The number of ether oxygens (including phenoxy) is 1. The molecule has 2 heterocycles. The number of thioether (sulfide) groups is 1. The van der Waals surface area contributed by atoms with Crippen molar-refractivity contribution in [3.8, 4) is 5.69 Å². The molecule has 0 radical (unpaired) electrons. The Morgan fingerprint density at radius 2 is 1.79 bits per heavy atom. The first-order chi connectivity index (χ1) is 13.7. The normalized spacial score (nSPS) is 15.4. The Labute approximate surface area is 168 Å². The second-order valence-electron chi connectivity index (χ2n) is 6.62. The van der Waals surface area contributed by atoms with Crippen molar-refractivity contribution in [3.63, 3.8) is 0 Å². The fraction of sp³-hybridized carbons (Fsp3) is 0.286. The molecule has 4 rings (SSSR count). The molecule has 2 aromatic carbocycles. The third-order valence-electron chi connectivity index (χ3n) is 4.76. The second kappa shape index (κ2) is 8.58. The van der Waals surface area contributed by atoms with Gasteiger partial charge in [0.05, 0.1) is 18.9 Å². The number of hydrogen-bond acceptors (Lipinski definition) is 5. The van der Waals surface area contributed by atoms with Gasteiger partial charge in [0.25, 0.3) is 0 Å². The van der Waals surface area contributed by atoms with Crippen LogP contribution in [0.4, 0.5) is 0 Å². The van der Waals surface area contributed by atoms with Gasteiger partial charge in [-0.15, -0.1) is 10.2 Å². The van der Waals surface area contributed by atoms with Gasteiger partial charge >= 0.3 is 0 Å². The summed E-state index contributed by atoms with van der Waals surface area (Å²) in [4.78, 5) is 15.2. The van der Waals surface area contributed by atoms with E-state index in [1.54, 1.807) is 6.33 Å². The second-order valence-corrected chi connectivity index (χ2v) is 7.69. The summed E-state index contributed by atoms with van der Waals surface area (Å²) in [6.07, 6.45) is 1.70. The van der Waals surface area contributed by atoms with Gasteiger partial charge < -0.3 is 9.64 Å². The van der Waals surface area contributed by atoms with Gasteiger partial charge in [-0.2, -0.15) is 0 Å². The predicted molar refractivity (Wildman–Crippen MR) is 109 cm³/mol. The summed E-state index contributed by atoms with van der Waals surface area (Å²) in [6, 6.07) is 17.9. The van der Waals surface area contributed by atoms with E-state index in [4.69, 9.17) is 4.74 Å². The maximum atomic E-state index is 13.3. The molecule has 0 bridgehead atoms. The van der Waals surface area contributed by atoms with E-state index in [2.05, 4.69) is 23.2 Å². The topological polar surface area (TPSA) is 60.2 Å². The average Bonchev–Trinajstić information content (AvgIpc) is 3.21. The van der Waals surface area contributed by atoms with Crippen LogP contribution in [-0.4, -0.2) is 51.9 Å². The van der Waals surface area contributed by atoms with Gasteiger partial charge in [0.2, 0.25) is 5.91 Å². The van der Waals surface area contributed by atoms with Gasteiger partial charge in [-0.25, -0.2) is 0 Å². The first kappa shape index (κ1) is 18.7. The number of carbonyl (C=O) groups excluding carboxylic acids is 1. The van der Waals surface area contributed by atoms with Crippen molar-refractivity contribution in [1.29, 1.82) is 0 Å². The zero-order valence-corrected chi connectivity index (χ0v) is 16.5. The van der Waals surface area contributed by atoms with Crippen LogP contribution in [-0.2, 0) is 9.53 Å². The summed E-state index contributed by atoms with van der Waals surface area (Å²) < 4.78 is 7.35.